The second-order valence-electron chi connectivity index (χ2n) is 4.96. The van der Waals surface area contributed by atoms with Crippen LogP contribution in [0.1, 0.15) is 15.4 Å². The Labute approximate surface area is 177 Å². The third-order valence-electron chi connectivity index (χ3n) is 3.25. The molecular weight excluding hydrogens is 519 g/mol. The number of hydrogen-bond acceptors (Lipinski definition) is 5. The molecule has 1 aromatic carbocycles. The number of nitrogens with zero attached hydrogens (tertiary/aromatic N) is 2. The second-order valence-corrected chi connectivity index (χ2v) is 7.13. The molecule has 138 valence electrons. The molecule has 0 saturated heterocycles. The normalized spacial score (nSPS) is 10.8. The van der Waals surface area contributed by atoms with Gasteiger partial charge >= 0.3 is 0 Å². The highest BCUT2D eigenvalue weighted by molar-refractivity contribution is 14.0. The molecule has 0 fully saturated rings. The number of benzene rings is 1. The molecule has 25 heavy (non-hydrogen) atoms. The number of aryl methyl sites for hydroxylation is 1. The van der Waals surface area contributed by atoms with Crippen molar-refractivity contribution in [1.82, 2.24) is 15.6 Å². The molecule has 0 spiro atoms. The Hall–Kier alpha value is -1.07. The SMILES string of the molecule is CN=C(NCc1cc(Br)c(OC)c(OC)c1)NCc1ncc(C)s1.I. The number of hydrogen-bond donors (Lipinski definition) is 2. The minimum atomic E-state index is 0. The fraction of sp³-hybridized carbons (Fsp3) is 0.375. The molecule has 0 unspecified atom stereocenters. The summed E-state index contributed by atoms with van der Waals surface area (Å²) in [4.78, 5) is 9.76. The molecule has 0 aliphatic heterocycles. The molecule has 1 heterocycles. The number of halogens is 2. The third-order valence-corrected chi connectivity index (χ3v) is 4.75. The zero-order valence-corrected chi connectivity index (χ0v) is 19.3. The van der Waals surface area contributed by atoms with Gasteiger partial charge in [0.15, 0.2) is 17.5 Å². The van der Waals surface area contributed by atoms with Crippen molar-refractivity contribution in [1.29, 1.82) is 0 Å². The fourth-order valence-corrected chi connectivity index (χ4v) is 3.50. The molecule has 0 amide bonds. The number of aliphatic imine (C=N–C) groups is 1. The van der Waals surface area contributed by atoms with Crippen LogP contribution in [-0.4, -0.2) is 32.2 Å². The van der Waals surface area contributed by atoms with Crippen molar-refractivity contribution in [2.45, 2.75) is 20.0 Å². The minimum absolute atomic E-state index is 0. The van der Waals surface area contributed by atoms with Gasteiger partial charge in [-0.25, -0.2) is 4.98 Å². The Morgan fingerprint density at radius 1 is 1.24 bits per heavy atom. The van der Waals surface area contributed by atoms with E-state index in [0.717, 1.165) is 15.0 Å². The fourth-order valence-electron chi connectivity index (χ4n) is 2.12. The molecule has 0 saturated carbocycles. The number of thiazole rings is 1. The van der Waals surface area contributed by atoms with Crippen LogP contribution in [0.5, 0.6) is 11.5 Å². The van der Waals surface area contributed by atoms with Crippen LogP contribution in [-0.2, 0) is 13.1 Å². The smallest absolute Gasteiger partial charge is 0.191 e. The number of aromatic nitrogens is 1. The maximum atomic E-state index is 5.36. The summed E-state index contributed by atoms with van der Waals surface area (Å²) in [6, 6.07) is 3.93. The van der Waals surface area contributed by atoms with Gasteiger partial charge in [0.05, 0.1) is 25.2 Å². The lowest BCUT2D eigenvalue weighted by atomic mass is 10.2. The lowest BCUT2D eigenvalue weighted by Gasteiger charge is -2.14. The Kier molecular flexibility index (Phi) is 9.51. The van der Waals surface area contributed by atoms with E-state index in [4.69, 9.17) is 9.47 Å². The average molecular weight is 541 g/mol. The summed E-state index contributed by atoms with van der Waals surface area (Å²) in [5, 5.41) is 7.56. The summed E-state index contributed by atoms with van der Waals surface area (Å²) < 4.78 is 11.5. The van der Waals surface area contributed by atoms with Gasteiger partial charge in [-0.05, 0) is 40.5 Å². The molecule has 0 radical (unpaired) electrons. The van der Waals surface area contributed by atoms with Crippen LogP contribution in [0.15, 0.2) is 27.8 Å². The van der Waals surface area contributed by atoms with Crippen molar-refractivity contribution < 1.29 is 9.47 Å². The lowest BCUT2D eigenvalue weighted by molar-refractivity contribution is 0.352. The summed E-state index contributed by atoms with van der Waals surface area (Å²) in [6.07, 6.45) is 1.87. The molecule has 0 bridgehead atoms. The third kappa shape index (κ3) is 6.30. The molecule has 0 aliphatic rings. The monoisotopic (exact) mass is 540 g/mol. The van der Waals surface area contributed by atoms with E-state index in [2.05, 4.69) is 36.5 Å². The van der Waals surface area contributed by atoms with Gasteiger partial charge in [-0.15, -0.1) is 35.3 Å². The Bertz CT molecular complexity index is 724. The van der Waals surface area contributed by atoms with Gasteiger partial charge in [-0.1, -0.05) is 0 Å². The standard InChI is InChI=1S/C16H21BrN4O2S.HI/c1-10-7-19-14(24-10)9-21-16(18-2)20-8-11-5-12(17)15(23-4)13(6-11)22-3;/h5-7H,8-9H2,1-4H3,(H2,18,20,21);1H. The van der Waals surface area contributed by atoms with E-state index in [9.17, 15) is 0 Å². The summed E-state index contributed by atoms with van der Waals surface area (Å²) in [5.74, 6) is 2.08. The van der Waals surface area contributed by atoms with Crippen LogP contribution in [0.2, 0.25) is 0 Å². The molecule has 2 rings (SSSR count). The summed E-state index contributed by atoms with van der Waals surface area (Å²) >= 11 is 5.17. The van der Waals surface area contributed by atoms with Crippen molar-refractivity contribution in [2.75, 3.05) is 21.3 Å². The van der Waals surface area contributed by atoms with Crippen molar-refractivity contribution in [3.05, 3.63) is 38.3 Å². The van der Waals surface area contributed by atoms with Crippen LogP contribution in [0, 0.1) is 6.92 Å². The van der Waals surface area contributed by atoms with Crippen LogP contribution in [0.4, 0.5) is 0 Å². The molecule has 0 aliphatic carbocycles. The molecule has 2 N–H and O–H groups in total. The van der Waals surface area contributed by atoms with Gasteiger partial charge in [0, 0.05) is 24.7 Å². The van der Waals surface area contributed by atoms with Crippen LogP contribution < -0.4 is 20.1 Å². The first kappa shape index (κ1) is 22.0. The highest BCUT2D eigenvalue weighted by Gasteiger charge is 2.11. The van der Waals surface area contributed by atoms with Crippen LogP contribution in [0.3, 0.4) is 0 Å². The topological polar surface area (TPSA) is 67.8 Å². The first-order chi connectivity index (χ1) is 11.6. The van der Waals surface area contributed by atoms with Crippen molar-refractivity contribution in [2.24, 2.45) is 4.99 Å². The maximum Gasteiger partial charge on any atom is 0.191 e. The number of methoxy groups -OCH3 is 2. The van der Waals surface area contributed by atoms with Gasteiger partial charge in [0.2, 0.25) is 0 Å². The minimum Gasteiger partial charge on any atom is -0.493 e. The first-order valence-electron chi connectivity index (χ1n) is 7.33. The Morgan fingerprint density at radius 2 is 1.96 bits per heavy atom. The van der Waals surface area contributed by atoms with E-state index in [-0.39, 0.29) is 24.0 Å². The quantitative estimate of drug-likeness (QED) is 0.332. The van der Waals surface area contributed by atoms with Gasteiger partial charge in [0.1, 0.15) is 5.01 Å². The number of nitrogens with one attached hydrogen (secondary N) is 2. The first-order valence-corrected chi connectivity index (χ1v) is 8.94. The number of ether oxygens (including phenoxy) is 2. The van der Waals surface area contributed by atoms with Crippen LogP contribution >= 0.6 is 51.2 Å². The molecular formula is C16H22BrIN4O2S. The van der Waals surface area contributed by atoms with Crippen molar-refractivity contribution in [3.8, 4) is 11.5 Å². The Morgan fingerprint density at radius 3 is 2.52 bits per heavy atom. The van der Waals surface area contributed by atoms with E-state index in [1.165, 1.54) is 4.88 Å². The van der Waals surface area contributed by atoms with E-state index < -0.39 is 0 Å². The largest absolute Gasteiger partial charge is 0.493 e. The predicted molar refractivity (Wildman–Crippen MR) is 117 cm³/mol. The highest BCUT2D eigenvalue weighted by atomic mass is 127. The average Bonchev–Trinajstić information content (AvgIpc) is 2.99. The summed E-state index contributed by atoms with van der Waals surface area (Å²) in [5.41, 5.74) is 1.05. The second kappa shape index (κ2) is 10.8. The summed E-state index contributed by atoms with van der Waals surface area (Å²) in [6.45, 7) is 3.30. The zero-order valence-electron chi connectivity index (χ0n) is 14.6. The van der Waals surface area contributed by atoms with Crippen molar-refractivity contribution in [3.63, 3.8) is 0 Å². The van der Waals surface area contributed by atoms with E-state index >= 15 is 0 Å². The van der Waals surface area contributed by atoms with Gasteiger partial charge in [-0.3, -0.25) is 4.99 Å². The predicted octanol–water partition coefficient (Wildman–Crippen LogP) is 3.71. The van der Waals surface area contributed by atoms with Crippen LogP contribution in [0.25, 0.3) is 0 Å². The molecule has 6 nitrogen and oxygen atoms in total. The van der Waals surface area contributed by atoms with Gasteiger partial charge in [0.25, 0.3) is 0 Å². The molecule has 9 heteroatoms. The molecule has 2 aromatic rings. The van der Waals surface area contributed by atoms with Gasteiger partial charge in [-0.2, -0.15) is 0 Å². The maximum absolute atomic E-state index is 5.36. The lowest BCUT2D eigenvalue weighted by Crippen LogP contribution is -2.36. The summed E-state index contributed by atoms with van der Waals surface area (Å²) in [7, 11) is 4.98. The zero-order chi connectivity index (χ0) is 17.5. The Balaban J connectivity index is 0.00000312. The number of guanidine groups is 1. The van der Waals surface area contributed by atoms with E-state index in [0.29, 0.717) is 30.5 Å². The van der Waals surface area contributed by atoms with Crippen molar-refractivity contribution >= 4 is 57.2 Å². The van der Waals surface area contributed by atoms with E-state index in [1.807, 2.05) is 25.3 Å². The van der Waals surface area contributed by atoms with Gasteiger partial charge < -0.3 is 20.1 Å². The molecule has 1 aromatic heterocycles. The highest BCUT2D eigenvalue weighted by Crippen LogP contribution is 2.36. The molecule has 0 atom stereocenters. The number of rotatable bonds is 6. The van der Waals surface area contributed by atoms with E-state index in [1.54, 1.807) is 32.6 Å².